The van der Waals surface area contributed by atoms with Crippen LogP contribution in [-0.4, -0.2) is 33.1 Å². The highest BCUT2D eigenvalue weighted by Crippen LogP contribution is 2.26. The molecule has 0 atom stereocenters. The molecular weight excluding hydrogens is 287 g/mol. The van der Waals surface area contributed by atoms with Crippen LogP contribution < -0.4 is 4.90 Å². The van der Waals surface area contributed by atoms with E-state index < -0.39 is 0 Å². The van der Waals surface area contributed by atoms with Gasteiger partial charge in [0.05, 0.1) is 18.1 Å². The summed E-state index contributed by atoms with van der Waals surface area (Å²) in [7, 11) is 0. The summed E-state index contributed by atoms with van der Waals surface area (Å²) in [5.41, 5.74) is 1.31. The van der Waals surface area contributed by atoms with Gasteiger partial charge < -0.3 is 4.90 Å². The van der Waals surface area contributed by atoms with E-state index in [0.717, 1.165) is 5.69 Å². The van der Waals surface area contributed by atoms with Crippen molar-refractivity contribution in [2.45, 2.75) is 6.92 Å². The van der Waals surface area contributed by atoms with Crippen LogP contribution in [0.2, 0.25) is 5.15 Å². The van der Waals surface area contributed by atoms with Gasteiger partial charge >= 0.3 is 0 Å². The van der Waals surface area contributed by atoms with Crippen LogP contribution in [0.15, 0.2) is 30.7 Å². The second-order valence-electron chi connectivity index (χ2n) is 3.73. The van der Waals surface area contributed by atoms with Crippen molar-refractivity contribution in [3.8, 4) is 5.69 Å². The molecule has 7 heteroatoms. The van der Waals surface area contributed by atoms with Crippen LogP contribution in [0.5, 0.6) is 0 Å². The minimum atomic E-state index is -0.211. The summed E-state index contributed by atoms with van der Waals surface area (Å²) >= 11 is 11.7. The van der Waals surface area contributed by atoms with Crippen LogP contribution in [0.4, 0.5) is 5.69 Å². The Kier molecular flexibility index (Phi) is 4.39. The van der Waals surface area contributed by atoms with Crippen molar-refractivity contribution in [3.05, 3.63) is 35.9 Å². The number of alkyl halides is 1. The lowest BCUT2D eigenvalue weighted by Gasteiger charge is -2.17. The Bertz CT molecular complexity index is 570. The van der Waals surface area contributed by atoms with E-state index in [1.54, 1.807) is 29.3 Å². The zero-order chi connectivity index (χ0) is 13.8. The summed E-state index contributed by atoms with van der Waals surface area (Å²) in [5.74, 6) is -0.306. The fraction of sp³-hybridized carbons (Fsp3) is 0.250. The molecule has 2 aromatic rings. The highest BCUT2D eigenvalue weighted by atomic mass is 35.5. The van der Waals surface area contributed by atoms with Crippen LogP contribution in [0.25, 0.3) is 5.69 Å². The van der Waals surface area contributed by atoms with Crippen molar-refractivity contribution < 1.29 is 4.79 Å². The van der Waals surface area contributed by atoms with Crippen molar-refractivity contribution in [1.29, 1.82) is 0 Å². The van der Waals surface area contributed by atoms with Gasteiger partial charge in [-0.2, -0.15) is 5.10 Å². The first-order valence-corrected chi connectivity index (χ1v) is 6.60. The molecule has 0 bridgehead atoms. The molecule has 2 heterocycles. The first-order valence-electron chi connectivity index (χ1n) is 5.69. The van der Waals surface area contributed by atoms with Crippen LogP contribution in [0.1, 0.15) is 6.92 Å². The lowest BCUT2D eigenvalue weighted by atomic mass is 10.4. The Morgan fingerprint density at radius 3 is 2.89 bits per heavy atom. The van der Waals surface area contributed by atoms with Crippen LogP contribution >= 0.6 is 23.2 Å². The maximum absolute atomic E-state index is 11.7. The van der Waals surface area contributed by atoms with Gasteiger partial charge in [-0.15, -0.1) is 11.6 Å². The number of nitrogens with zero attached hydrogens (tertiary/aromatic N) is 4. The maximum atomic E-state index is 11.7. The molecule has 0 saturated heterocycles. The van der Waals surface area contributed by atoms with Crippen molar-refractivity contribution in [2.75, 3.05) is 17.3 Å². The second kappa shape index (κ2) is 6.04. The molecule has 1 amide bonds. The molecule has 2 rings (SSSR count). The summed E-state index contributed by atoms with van der Waals surface area (Å²) in [6.07, 6.45) is 5.02. The topological polar surface area (TPSA) is 51.0 Å². The monoisotopic (exact) mass is 298 g/mol. The molecule has 5 nitrogen and oxygen atoms in total. The highest BCUT2D eigenvalue weighted by molar-refractivity contribution is 6.34. The standard InChI is InChI=1S/C12H12Cl2N4O/c1-2-17(11(19)6-13)10-8-18(16-12(10)14)9-4-3-5-15-7-9/h3-5,7-8H,2,6H2,1H3. The Hall–Kier alpha value is -1.59. The molecule has 0 N–H and O–H groups in total. The molecule has 0 aromatic carbocycles. The summed E-state index contributed by atoms with van der Waals surface area (Å²) in [6.45, 7) is 2.33. The summed E-state index contributed by atoms with van der Waals surface area (Å²) < 4.78 is 1.58. The molecule has 0 spiro atoms. The molecule has 0 radical (unpaired) electrons. The zero-order valence-electron chi connectivity index (χ0n) is 10.3. The van der Waals surface area contributed by atoms with Gasteiger partial charge in [-0.3, -0.25) is 9.78 Å². The Balaban J connectivity index is 2.38. The van der Waals surface area contributed by atoms with Gasteiger partial charge in [-0.05, 0) is 19.1 Å². The quantitative estimate of drug-likeness (QED) is 0.815. The predicted octanol–water partition coefficient (Wildman–Crippen LogP) is 2.51. The maximum Gasteiger partial charge on any atom is 0.242 e. The number of halogens is 2. The lowest BCUT2D eigenvalue weighted by molar-refractivity contribution is -0.116. The summed E-state index contributed by atoms with van der Waals surface area (Å²) in [4.78, 5) is 17.2. The third kappa shape index (κ3) is 2.88. The minimum absolute atomic E-state index is 0.0950. The molecule has 0 unspecified atom stereocenters. The van der Waals surface area contributed by atoms with E-state index in [4.69, 9.17) is 23.2 Å². The van der Waals surface area contributed by atoms with E-state index in [1.807, 2.05) is 13.0 Å². The number of hydrogen-bond acceptors (Lipinski definition) is 3. The molecule has 2 aromatic heterocycles. The van der Waals surface area contributed by atoms with Gasteiger partial charge in [-0.1, -0.05) is 11.6 Å². The third-order valence-corrected chi connectivity index (χ3v) is 3.08. The van der Waals surface area contributed by atoms with Gasteiger partial charge in [0.1, 0.15) is 11.6 Å². The first kappa shape index (κ1) is 13.8. The number of amides is 1. The lowest BCUT2D eigenvalue weighted by Crippen LogP contribution is -2.31. The molecule has 0 aliphatic heterocycles. The SMILES string of the molecule is CCN(C(=O)CCl)c1cn(-c2cccnc2)nc1Cl. The van der Waals surface area contributed by atoms with E-state index in [0.29, 0.717) is 12.2 Å². The molecule has 100 valence electrons. The van der Waals surface area contributed by atoms with Gasteiger partial charge in [0.15, 0.2) is 5.15 Å². The van der Waals surface area contributed by atoms with Crippen molar-refractivity contribution >= 4 is 34.8 Å². The summed E-state index contributed by atoms with van der Waals surface area (Å²) in [5, 5.41) is 4.43. The number of rotatable bonds is 4. The fourth-order valence-electron chi connectivity index (χ4n) is 1.70. The highest BCUT2D eigenvalue weighted by Gasteiger charge is 2.19. The van der Waals surface area contributed by atoms with E-state index in [-0.39, 0.29) is 16.9 Å². The average Bonchev–Trinajstić information content (AvgIpc) is 2.82. The molecule has 0 aliphatic carbocycles. The van der Waals surface area contributed by atoms with Crippen LogP contribution in [0.3, 0.4) is 0 Å². The molecule has 19 heavy (non-hydrogen) atoms. The van der Waals surface area contributed by atoms with Gasteiger partial charge in [-0.25, -0.2) is 4.68 Å². The smallest absolute Gasteiger partial charge is 0.242 e. The third-order valence-electron chi connectivity index (χ3n) is 2.58. The van der Waals surface area contributed by atoms with Crippen molar-refractivity contribution in [1.82, 2.24) is 14.8 Å². The van der Waals surface area contributed by atoms with Crippen LogP contribution in [-0.2, 0) is 4.79 Å². The van der Waals surface area contributed by atoms with Gasteiger partial charge in [0.25, 0.3) is 0 Å². The summed E-state index contributed by atoms with van der Waals surface area (Å²) in [6, 6.07) is 3.64. The first-order chi connectivity index (χ1) is 9.17. The van der Waals surface area contributed by atoms with E-state index in [9.17, 15) is 4.79 Å². The number of anilines is 1. The average molecular weight is 299 g/mol. The Morgan fingerprint density at radius 1 is 1.53 bits per heavy atom. The Labute approximate surface area is 120 Å². The molecule has 0 aliphatic rings. The second-order valence-corrected chi connectivity index (χ2v) is 4.36. The number of hydrogen-bond donors (Lipinski definition) is 0. The fourth-order valence-corrected chi connectivity index (χ4v) is 2.08. The zero-order valence-corrected chi connectivity index (χ0v) is 11.8. The number of pyridine rings is 1. The van der Waals surface area contributed by atoms with Gasteiger partial charge in [0.2, 0.25) is 5.91 Å². The predicted molar refractivity (Wildman–Crippen MR) is 75.1 cm³/mol. The van der Waals surface area contributed by atoms with E-state index in [2.05, 4.69) is 10.1 Å². The minimum Gasteiger partial charge on any atom is -0.307 e. The number of carbonyl (C=O) groups excluding carboxylic acids is 1. The molecular formula is C12H12Cl2N4O. The van der Waals surface area contributed by atoms with Crippen molar-refractivity contribution in [3.63, 3.8) is 0 Å². The van der Waals surface area contributed by atoms with E-state index >= 15 is 0 Å². The van der Waals surface area contributed by atoms with Gasteiger partial charge in [0, 0.05) is 12.7 Å². The van der Waals surface area contributed by atoms with E-state index in [1.165, 1.54) is 4.90 Å². The van der Waals surface area contributed by atoms with Crippen molar-refractivity contribution in [2.24, 2.45) is 0 Å². The normalized spacial score (nSPS) is 10.5. The van der Waals surface area contributed by atoms with Crippen LogP contribution in [0, 0.1) is 0 Å². The molecule has 0 fully saturated rings. The number of carbonyl (C=O) groups is 1. The molecule has 0 saturated carbocycles. The largest absolute Gasteiger partial charge is 0.307 e. The Morgan fingerprint density at radius 2 is 2.32 bits per heavy atom. The number of aromatic nitrogens is 3.